The number of amides is 1. The summed E-state index contributed by atoms with van der Waals surface area (Å²) in [7, 11) is 0. The Morgan fingerprint density at radius 3 is 2.61 bits per heavy atom. The fourth-order valence-corrected chi connectivity index (χ4v) is 3.43. The van der Waals surface area contributed by atoms with Gasteiger partial charge in [0.05, 0.1) is 12.6 Å². The lowest BCUT2D eigenvalue weighted by atomic mass is 10.1. The van der Waals surface area contributed by atoms with Crippen LogP contribution < -0.4 is 5.32 Å². The summed E-state index contributed by atoms with van der Waals surface area (Å²) in [5.41, 5.74) is 0. The van der Waals surface area contributed by atoms with Gasteiger partial charge in [-0.05, 0) is 13.8 Å². The molecule has 106 valence electrons. The summed E-state index contributed by atoms with van der Waals surface area (Å²) >= 11 is 1.82. The highest BCUT2D eigenvalue weighted by atomic mass is 35.5. The van der Waals surface area contributed by atoms with Gasteiger partial charge >= 0.3 is 0 Å². The molecule has 0 aromatic heterocycles. The van der Waals surface area contributed by atoms with Crippen molar-refractivity contribution in [1.29, 1.82) is 0 Å². The van der Waals surface area contributed by atoms with Crippen LogP contribution in [0.2, 0.25) is 0 Å². The summed E-state index contributed by atoms with van der Waals surface area (Å²) in [5, 5.41) is 2.62. The van der Waals surface area contributed by atoms with Crippen LogP contribution in [-0.2, 0) is 4.79 Å². The van der Waals surface area contributed by atoms with Gasteiger partial charge in [0.25, 0.3) is 5.92 Å². The van der Waals surface area contributed by atoms with Crippen molar-refractivity contribution in [2.24, 2.45) is 0 Å². The zero-order valence-corrected chi connectivity index (χ0v) is 12.2. The van der Waals surface area contributed by atoms with Crippen LogP contribution in [-0.4, -0.2) is 52.9 Å². The minimum Gasteiger partial charge on any atom is -0.339 e. The third kappa shape index (κ3) is 3.71. The van der Waals surface area contributed by atoms with Crippen molar-refractivity contribution in [2.75, 3.05) is 25.4 Å². The summed E-state index contributed by atoms with van der Waals surface area (Å²) in [5.74, 6) is -2.03. The van der Waals surface area contributed by atoms with Crippen LogP contribution in [0.3, 0.4) is 0 Å². The average molecular weight is 301 g/mol. The van der Waals surface area contributed by atoms with Crippen molar-refractivity contribution in [1.82, 2.24) is 10.2 Å². The molecule has 0 bridgehead atoms. The molecule has 2 rings (SSSR count). The number of hydrogen-bond donors (Lipinski definition) is 1. The molecule has 0 aromatic carbocycles. The summed E-state index contributed by atoms with van der Waals surface area (Å²) in [6.45, 7) is 5.08. The zero-order valence-electron chi connectivity index (χ0n) is 10.5. The Morgan fingerprint density at radius 1 is 1.44 bits per heavy atom. The second-order valence-electron chi connectivity index (χ2n) is 5.36. The van der Waals surface area contributed by atoms with Crippen LogP contribution >= 0.6 is 24.2 Å². The lowest BCUT2D eigenvalue weighted by Crippen LogP contribution is -2.51. The maximum absolute atomic E-state index is 13.0. The maximum Gasteiger partial charge on any atom is 0.262 e. The van der Waals surface area contributed by atoms with Gasteiger partial charge in [0.2, 0.25) is 5.91 Å². The Bertz CT molecular complexity index is 328. The van der Waals surface area contributed by atoms with E-state index in [9.17, 15) is 13.6 Å². The molecular formula is C11H19ClF2N2OS. The fourth-order valence-electron chi connectivity index (χ4n) is 2.32. The summed E-state index contributed by atoms with van der Waals surface area (Å²) in [4.78, 5) is 13.8. The first-order valence-corrected chi connectivity index (χ1v) is 6.82. The van der Waals surface area contributed by atoms with Crippen molar-refractivity contribution in [3.8, 4) is 0 Å². The molecule has 0 spiro atoms. The first kappa shape index (κ1) is 16.0. The number of carbonyl (C=O) groups excluding carboxylic acids is 1. The van der Waals surface area contributed by atoms with Crippen molar-refractivity contribution in [3.05, 3.63) is 0 Å². The summed E-state index contributed by atoms with van der Waals surface area (Å²) in [6, 6.07) is -0.705. The van der Waals surface area contributed by atoms with Crippen LogP contribution in [0.4, 0.5) is 8.78 Å². The number of halogens is 3. The lowest BCUT2D eigenvalue weighted by molar-refractivity contribution is -0.134. The zero-order chi connectivity index (χ0) is 12.7. The van der Waals surface area contributed by atoms with Crippen LogP contribution in [0.1, 0.15) is 20.3 Å². The van der Waals surface area contributed by atoms with E-state index in [4.69, 9.17) is 0 Å². The number of alkyl halides is 2. The van der Waals surface area contributed by atoms with Crippen LogP contribution in [0.5, 0.6) is 0 Å². The number of carbonyl (C=O) groups is 1. The van der Waals surface area contributed by atoms with E-state index in [1.807, 2.05) is 11.8 Å². The molecule has 2 aliphatic heterocycles. The van der Waals surface area contributed by atoms with E-state index in [-0.39, 0.29) is 36.0 Å². The maximum atomic E-state index is 13.0. The summed E-state index contributed by atoms with van der Waals surface area (Å²) < 4.78 is 26.1. The molecule has 0 radical (unpaired) electrons. The minimum absolute atomic E-state index is 0. The largest absolute Gasteiger partial charge is 0.339 e. The second kappa shape index (κ2) is 5.51. The molecule has 2 aliphatic rings. The van der Waals surface area contributed by atoms with E-state index >= 15 is 0 Å². The number of nitrogens with zero attached hydrogens (tertiary/aromatic N) is 1. The molecule has 1 atom stereocenters. The average Bonchev–Trinajstić information content (AvgIpc) is 2.56. The molecule has 0 saturated carbocycles. The highest BCUT2D eigenvalue weighted by molar-refractivity contribution is 8.00. The number of nitrogens with one attached hydrogen (secondary N) is 1. The van der Waals surface area contributed by atoms with Crippen LogP contribution in [0.15, 0.2) is 0 Å². The van der Waals surface area contributed by atoms with Crippen molar-refractivity contribution in [2.45, 2.75) is 37.0 Å². The molecule has 2 heterocycles. The van der Waals surface area contributed by atoms with Gasteiger partial charge in [-0.2, -0.15) is 11.8 Å². The number of hydrogen-bond acceptors (Lipinski definition) is 3. The molecule has 3 nitrogen and oxygen atoms in total. The fraction of sp³-hybridized carbons (Fsp3) is 0.909. The second-order valence-corrected chi connectivity index (χ2v) is 7.16. The lowest BCUT2D eigenvalue weighted by Gasteiger charge is -2.38. The molecule has 18 heavy (non-hydrogen) atoms. The molecule has 0 aromatic rings. The Hall–Kier alpha value is -0.0700. The van der Waals surface area contributed by atoms with Gasteiger partial charge in [0.1, 0.15) is 0 Å². The normalized spacial score (nSPS) is 29.8. The molecule has 1 N–H and O–H groups in total. The van der Waals surface area contributed by atoms with E-state index in [1.165, 1.54) is 0 Å². The van der Waals surface area contributed by atoms with Gasteiger partial charge in [0, 0.05) is 30.0 Å². The molecule has 0 aliphatic carbocycles. The third-order valence-corrected chi connectivity index (χ3v) is 4.44. The summed E-state index contributed by atoms with van der Waals surface area (Å²) in [6.07, 6.45) is -0.365. The molecule has 1 unspecified atom stereocenters. The van der Waals surface area contributed by atoms with Gasteiger partial charge < -0.3 is 4.90 Å². The predicted molar refractivity (Wildman–Crippen MR) is 71.7 cm³/mol. The van der Waals surface area contributed by atoms with Crippen molar-refractivity contribution >= 4 is 30.1 Å². The molecule has 2 saturated heterocycles. The van der Waals surface area contributed by atoms with E-state index in [0.29, 0.717) is 13.1 Å². The van der Waals surface area contributed by atoms with Crippen molar-refractivity contribution < 1.29 is 13.6 Å². The topological polar surface area (TPSA) is 32.3 Å². The Balaban J connectivity index is 0.00000162. The Kier molecular flexibility index (Phi) is 4.89. The van der Waals surface area contributed by atoms with Crippen LogP contribution in [0.25, 0.3) is 0 Å². The van der Waals surface area contributed by atoms with Gasteiger partial charge in [-0.15, -0.1) is 12.4 Å². The van der Waals surface area contributed by atoms with E-state index in [2.05, 4.69) is 19.2 Å². The Labute approximate surface area is 116 Å². The molecule has 1 amide bonds. The standard InChI is InChI=1S/C11H18F2N2OS.ClH/c1-10(2)7-15(3-4-17-10)9(16)8-5-11(12,13)6-14-8;/h8,14H,3-7H2,1-2H3;1H. The van der Waals surface area contributed by atoms with Crippen LogP contribution in [0, 0.1) is 0 Å². The smallest absolute Gasteiger partial charge is 0.262 e. The third-order valence-electron chi connectivity index (χ3n) is 3.15. The van der Waals surface area contributed by atoms with E-state index in [0.717, 1.165) is 5.75 Å². The van der Waals surface area contributed by atoms with Gasteiger partial charge in [0.15, 0.2) is 0 Å². The van der Waals surface area contributed by atoms with Gasteiger partial charge in [-0.25, -0.2) is 8.78 Å². The molecule has 7 heteroatoms. The van der Waals surface area contributed by atoms with Gasteiger partial charge in [-0.3, -0.25) is 10.1 Å². The highest BCUT2D eigenvalue weighted by Crippen LogP contribution is 2.31. The van der Waals surface area contributed by atoms with Crippen molar-refractivity contribution in [3.63, 3.8) is 0 Å². The molecule has 2 fully saturated rings. The van der Waals surface area contributed by atoms with E-state index in [1.54, 1.807) is 4.90 Å². The molecular weight excluding hydrogens is 282 g/mol. The highest BCUT2D eigenvalue weighted by Gasteiger charge is 2.44. The van der Waals surface area contributed by atoms with E-state index < -0.39 is 12.0 Å². The Morgan fingerprint density at radius 2 is 2.11 bits per heavy atom. The number of rotatable bonds is 1. The minimum atomic E-state index is -2.74. The first-order valence-electron chi connectivity index (χ1n) is 5.83. The SMILES string of the molecule is CC1(C)CN(C(=O)C2CC(F)(F)CN2)CCS1.Cl. The predicted octanol–water partition coefficient (Wildman–Crippen LogP) is 1.76. The quantitative estimate of drug-likeness (QED) is 0.801. The van der Waals surface area contributed by atoms with Gasteiger partial charge in [-0.1, -0.05) is 0 Å². The number of thioether (sulfide) groups is 1. The first-order chi connectivity index (χ1) is 7.79. The monoisotopic (exact) mass is 300 g/mol.